The molecule has 2 atom stereocenters. The summed E-state index contributed by atoms with van der Waals surface area (Å²) in [7, 11) is 0. The fourth-order valence-electron chi connectivity index (χ4n) is 3.56. The summed E-state index contributed by atoms with van der Waals surface area (Å²) in [5.41, 5.74) is 8.51. The number of hydrogen-bond donors (Lipinski definition) is 2. The Morgan fingerprint density at radius 3 is 2.05 bits per heavy atom. The van der Waals surface area contributed by atoms with E-state index in [-0.39, 0.29) is 12.0 Å². The first-order chi connectivity index (χ1) is 10.0. The molecular weight excluding hydrogens is 258 g/mol. The van der Waals surface area contributed by atoms with Gasteiger partial charge < -0.3 is 10.8 Å². The third-order valence-corrected chi connectivity index (χ3v) is 5.24. The largest absolute Gasteiger partial charge is 0.392 e. The number of aliphatic hydroxyl groups excluding tert-OH is 1. The third kappa shape index (κ3) is 4.08. The lowest BCUT2D eigenvalue weighted by Gasteiger charge is -2.34. The van der Waals surface area contributed by atoms with Crippen molar-refractivity contribution >= 4 is 0 Å². The highest BCUT2D eigenvalue weighted by Gasteiger charge is 2.30. The summed E-state index contributed by atoms with van der Waals surface area (Å²) in [6.07, 6.45) is 4.47. The number of aliphatic hydroxyl groups is 1. The molecule has 1 saturated carbocycles. The Morgan fingerprint density at radius 2 is 1.57 bits per heavy atom. The van der Waals surface area contributed by atoms with E-state index in [2.05, 4.69) is 45.0 Å². The zero-order chi connectivity index (χ0) is 15.4. The maximum atomic E-state index is 10.8. The highest BCUT2D eigenvalue weighted by molar-refractivity contribution is 5.28. The van der Waals surface area contributed by atoms with Crippen LogP contribution in [0, 0.1) is 11.8 Å². The minimum absolute atomic E-state index is 0.0737. The van der Waals surface area contributed by atoms with Gasteiger partial charge in [0, 0.05) is 12.5 Å². The lowest BCUT2D eigenvalue weighted by atomic mass is 9.75. The smallest absolute Gasteiger partial charge is 0.0648 e. The topological polar surface area (TPSA) is 46.2 Å². The second kappa shape index (κ2) is 7.42. The van der Waals surface area contributed by atoms with E-state index in [9.17, 15) is 5.11 Å². The van der Waals surface area contributed by atoms with Crippen molar-refractivity contribution in [2.45, 2.75) is 64.4 Å². The molecule has 0 saturated heterocycles. The van der Waals surface area contributed by atoms with E-state index in [0.717, 1.165) is 18.8 Å². The van der Waals surface area contributed by atoms with E-state index in [1.54, 1.807) is 0 Å². The van der Waals surface area contributed by atoms with E-state index in [4.69, 9.17) is 5.73 Å². The molecule has 2 unspecified atom stereocenters. The fourth-order valence-corrected chi connectivity index (χ4v) is 3.56. The average molecular weight is 289 g/mol. The lowest BCUT2D eigenvalue weighted by molar-refractivity contribution is 0.0548. The van der Waals surface area contributed by atoms with Crippen LogP contribution in [0.5, 0.6) is 0 Å². The highest BCUT2D eigenvalue weighted by Crippen LogP contribution is 2.35. The predicted molar refractivity (Wildman–Crippen MR) is 89.5 cm³/mol. The molecule has 1 aromatic rings. The van der Waals surface area contributed by atoms with Crippen molar-refractivity contribution in [3.05, 3.63) is 35.4 Å². The number of nitrogens with two attached hydrogens (primary N) is 1. The van der Waals surface area contributed by atoms with Crippen molar-refractivity contribution in [2.24, 2.45) is 17.6 Å². The van der Waals surface area contributed by atoms with Crippen molar-refractivity contribution in [2.75, 3.05) is 6.54 Å². The Kier molecular flexibility index (Phi) is 5.83. The van der Waals surface area contributed by atoms with E-state index in [0.29, 0.717) is 18.4 Å². The van der Waals surface area contributed by atoms with Gasteiger partial charge in [-0.3, -0.25) is 0 Å². The van der Waals surface area contributed by atoms with Crippen molar-refractivity contribution in [1.29, 1.82) is 0 Å². The second-order valence-electron chi connectivity index (χ2n) is 7.17. The van der Waals surface area contributed by atoms with E-state index < -0.39 is 0 Å². The van der Waals surface area contributed by atoms with Crippen LogP contribution < -0.4 is 5.73 Å². The van der Waals surface area contributed by atoms with Crippen molar-refractivity contribution in [1.82, 2.24) is 0 Å². The average Bonchev–Trinajstić information content (AvgIpc) is 2.49. The minimum atomic E-state index is -0.299. The highest BCUT2D eigenvalue weighted by atomic mass is 16.3. The van der Waals surface area contributed by atoms with Gasteiger partial charge in [-0.2, -0.15) is 0 Å². The van der Waals surface area contributed by atoms with Crippen molar-refractivity contribution in [3.63, 3.8) is 0 Å². The third-order valence-electron chi connectivity index (χ3n) is 5.24. The summed E-state index contributed by atoms with van der Waals surface area (Å²) in [6.45, 7) is 7.24. The molecule has 3 N–H and O–H groups in total. The van der Waals surface area contributed by atoms with Crippen LogP contribution in [0.4, 0.5) is 0 Å². The van der Waals surface area contributed by atoms with Gasteiger partial charge in [-0.15, -0.1) is 0 Å². The maximum Gasteiger partial charge on any atom is 0.0648 e. The van der Waals surface area contributed by atoms with E-state index in [1.807, 2.05) is 0 Å². The van der Waals surface area contributed by atoms with Crippen molar-refractivity contribution in [3.8, 4) is 0 Å². The summed E-state index contributed by atoms with van der Waals surface area (Å²) in [6, 6.07) is 8.67. The summed E-state index contributed by atoms with van der Waals surface area (Å²) >= 11 is 0. The Morgan fingerprint density at radius 1 is 1.05 bits per heavy atom. The van der Waals surface area contributed by atoms with Gasteiger partial charge in [0.2, 0.25) is 0 Å². The first kappa shape index (κ1) is 16.5. The summed E-state index contributed by atoms with van der Waals surface area (Å²) in [5, 5.41) is 10.8. The molecule has 1 aliphatic rings. The summed E-state index contributed by atoms with van der Waals surface area (Å²) < 4.78 is 0. The molecule has 2 heteroatoms. The molecular formula is C19H31NO. The van der Waals surface area contributed by atoms with Gasteiger partial charge in [-0.05, 0) is 41.7 Å². The van der Waals surface area contributed by atoms with Crippen LogP contribution >= 0.6 is 0 Å². The lowest BCUT2D eigenvalue weighted by Crippen LogP contribution is -2.34. The number of rotatable bonds is 5. The Labute approximate surface area is 129 Å². The van der Waals surface area contributed by atoms with Gasteiger partial charge in [-0.25, -0.2) is 0 Å². The van der Waals surface area contributed by atoms with Gasteiger partial charge in [0.05, 0.1) is 6.10 Å². The molecule has 21 heavy (non-hydrogen) atoms. The van der Waals surface area contributed by atoms with Gasteiger partial charge in [0.25, 0.3) is 0 Å². The maximum absolute atomic E-state index is 10.8. The Hall–Kier alpha value is -0.860. The van der Waals surface area contributed by atoms with E-state index in [1.165, 1.54) is 24.0 Å². The van der Waals surface area contributed by atoms with E-state index >= 15 is 0 Å². The number of benzene rings is 1. The molecule has 118 valence electrons. The van der Waals surface area contributed by atoms with Crippen LogP contribution in [0.2, 0.25) is 0 Å². The molecule has 1 fully saturated rings. The van der Waals surface area contributed by atoms with Crippen LogP contribution in [0.3, 0.4) is 0 Å². The Bertz CT molecular complexity index is 418. The molecule has 0 aliphatic heterocycles. The molecule has 0 aromatic heterocycles. The van der Waals surface area contributed by atoms with Gasteiger partial charge in [0.1, 0.15) is 0 Å². The molecule has 0 radical (unpaired) electrons. The van der Waals surface area contributed by atoms with Crippen LogP contribution in [-0.2, 0) is 0 Å². The predicted octanol–water partition coefficient (Wildman–Crippen LogP) is 4.04. The molecule has 0 heterocycles. The SMILES string of the molecule is CC1CCC(C(O)C(CN)c2ccc(C(C)C)cc2)CC1. The fraction of sp³-hybridized carbons (Fsp3) is 0.684. The molecule has 2 nitrogen and oxygen atoms in total. The van der Waals surface area contributed by atoms with Crippen molar-refractivity contribution < 1.29 is 5.11 Å². The normalized spacial score (nSPS) is 25.8. The Balaban J connectivity index is 2.07. The summed E-state index contributed by atoms with van der Waals surface area (Å²) in [4.78, 5) is 0. The minimum Gasteiger partial charge on any atom is -0.392 e. The van der Waals surface area contributed by atoms with Gasteiger partial charge in [0.15, 0.2) is 0 Å². The standard InChI is InChI=1S/C19H31NO/c1-13(2)15-8-10-16(11-9-15)18(12-20)19(21)17-6-4-14(3)5-7-17/h8-11,13-14,17-19,21H,4-7,12,20H2,1-3H3. The molecule has 0 spiro atoms. The monoisotopic (exact) mass is 289 g/mol. The first-order valence-corrected chi connectivity index (χ1v) is 8.51. The van der Waals surface area contributed by atoms with Crippen LogP contribution in [0.1, 0.15) is 69.4 Å². The summed E-state index contributed by atoms with van der Waals surface area (Å²) in [5.74, 6) is 1.85. The van der Waals surface area contributed by atoms with Crippen LogP contribution in [0.15, 0.2) is 24.3 Å². The number of hydrogen-bond acceptors (Lipinski definition) is 2. The zero-order valence-corrected chi connectivity index (χ0v) is 13.8. The molecule has 0 amide bonds. The van der Waals surface area contributed by atoms with Gasteiger partial charge in [-0.1, -0.05) is 57.9 Å². The molecule has 1 aromatic carbocycles. The molecule has 0 bridgehead atoms. The first-order valence-electron chi connectivity index (χ1n) is 8.51. The quantitative estimate of drug-likeness (QED) is 0.859. The second-order valence-corrected chi connectivity index (χ2v) is 7.17. The zero-order valence-electron chi connectivity index (χ0n) is 13.8. The molecule has 1 aliphatic carbocycles. The molecule has 2 rings (SSSR count). The van der Waals surface area contributed by atoms with Crippen LogP contribution in [0.25, 0.3) is 0 Å². The van der Waals surface area contributed by atoms with Gasteiger partial charge >= 0.3 is 0 Å². The van der Waals surface area contributed by atoms with Crippen LogP contribution in [-0.4, -0.2) is 17.8 Å².